The highest BCUT2D eigenvalue weighted by atomic mass is 35.5. The van der Waals surface area contributed by atoms with Crippen LogP contribution in [0.15, 0.2) is 0 Å². The average molecular weight is 279 g/mol. The molecule has 1 aromatic heterocycles. The minimum Gasteiger partial charge on any atom is -0.361 e. The lowest BCUT2D eigenvalue weighted by Gasteiger charge is -2.16. The largest absolute Gasteiger partial charge is 0.361 e. The standard InChI is InChI=1S/C6H4Cl2F4N4/c7-2-3(14-5(8)16-15-2)13-1-6(11,12)4(9)10/h4H,1H2,(H,13,14,16). The van der Waals surface area contributed by atoms with Gasteiger partial charge < -0.3 is 5.32 Å². The van der Waals surface area contributed by atoms with E-state index in [4.69, 9.17) is 23.2 Å². The molecule has 1 aromatic rings. The molecule has 0 saturated carbocycles. The number of anilines is 1. The number of rotatable bonds is 4. The van der Waals surface area contributed by atoms with Gasteiger partial charge in [0.05, 0.1) is 6.54 Å². The van der Waals surface area contributed by atoms with E-state index in [-0.39, 0.29) is 16.3 Å². The van der Waals surface area contributed by atoms with Gasteiger partial charge >= 0.3 is 12.3 Å². The van der Waals surface area contributed by atoms with Crippen LogP contribution in [0.5, 0.6) is 0 Å². The van der Waals surface area contributed by atoms with Crippen molar-refractivity contribution in [3.05, 3.63) is 10.4 Å². The predicted octanol–water partition coefficient (Wildman–Crippen LogP) is 2.49. The lowest BCUT2D eigenvalue weighted by Crippen LogP contribution is -2.35. The summed E-state index contributed by atoms with van der Waals surface area (Å²) in [4.78, 5) is 3.41. The first-order valence-electron chi connectivity index (χ1n) is 3.78. The summed E-state index contributed by atoms with van der Waals surface area (Å²) in [5, 5.41) is 7.70. The van der Waals surface area contributed by atoms with Gasteiger partial charge in [0.25, 0.3) is 0 Å². The molecular formula is C6H4Cl2F4N4. The van der Waals surface area contributed by atoms with E-state index in [2.05, 4.69) is 15.2 Å². The van der Waals surface area contributed by atoms with Gasteiger partial charge in [-0.2, -0.15) is 13.8 Å². The second-order valence-electron chi connectivity index (χ2n) is 2.64. The van der Waals surface area contributed by atoms with Gasteiger partial charge in [0, 0.05) is 0 Å². The van der Waals surface area contributed by atoms with Crippen molar-refractivity contribution in [1.82, 2.24) is 15.2 Å². The molecule has 0 amide bonds. The van der Waals surface area contributed by atoms with Gasteiger partial charge in [-0.25, -0.2) is 8.78 Å². The molecule has 4 nitrogen and oxygen atoms in total. The lowest BCUT2D eigenvalue weighted by atomic mass is 10.3. The second-order valence-corrected chi connectivity index (χ2v) is 3.33. The molecule has 0 aliphatic carbocycles. The molecule has 0 spiro atoms. The van der Waals surface area contributed by atoms with E-state index in [9.17, 15) is 17.6 Å². The number of nitrogens with one attached hydrogen (secondary N) is 1. The maximum absolute atomic E-state index is 12.5. The van der Waals surface area contributed by atoms with Crippen LogP contribution in [0.2, 0.25) is 10.4 Å². The highest BCUT2D eigenvalue weighted by Crippen LogP contribution is 2.24. The maximum Gasteiger partial charge on any atom is 0.324 e. The van der Waals surface area contributed by atoms with Crippen LogP contribution >= 0.6 is 23.2 Å². The Bertz CT molecular complexity index is 376. The molecule has 0 aromatic carbocycles. The van der Waals surface area contributed by atoms with E-state index in [1.807, 2.05) is 5.32 Å². The van der Waals surface area contributed by atoms with Crippen LogP contribution in [0.25, 0.3) is 0 Å². The van der Waals surface area contributed by atoms with E-state index < -0.39 is 18.9 Å². The molecule has 16 heavy (non-hydrogen) atoms. The fraction of sp³-hybridized carbons (Fsp3) is 0.500. The Balaban J connectivity index is 2.71. The van der Waals surface area contributed by atoms with Crippen LogP contribution in [0.3, 0.4) is 0 Å². The highest BCUT2D eigenvalue weighted by molar-refractivity contribution is 6.32. The molecule has 0 aliphatic heterocycles. The Morgan fingerprint density at radius 2 is 1.88 bits per heavy atom. The Morgan fingerprint density at radius 3 is 2.44 bits per heavy atom. The molecule has 0 bridgehead atoms. The molecule has 1 N–H and O–H groups in total. The van der Waals surface area contributed by atoms with Crippen LogP contribution in [0.1, 0.15) is 0 Å². The monoisotopic (exact) mass is 278 g/mol. The van der Waals surface area contributed by atoms with Crippen molar-refractivity contribution in [3.63, 3.8) is 0 Å². The van der Waals surface area contributed by atoms with Crippen LogP contribution in [-0.2, 0) is 0 Å². The second kappa shape index (κ2) is 4.96. The molecule has 1 heterocycles. The SMILES string of the molecule is FC(F)C(F)(F)CNc1nc(Cl)nnc1Cl. The molecule has 10 heteroatoms. The van der Waals surface area contributed by atoms with Crippen molar-refractivity contribution in [1.29, 1.82) is 0 Å². The van der Waals surface area contributed by atoms with Crippen molar-refractivity contribution >= 4 is 29.0 Å². The van der Waals surface area contributed by atoms with E-state index in [1.54, 1.807) is 0 Å². The molecule has 0 atom stereocenters. The van der Waals surface area contributed by atoms with Crippen molar-refractivity contribution in [3.8, 4) is 0 Å². The first-order valence-corrected chi connectivity index (χ1v) is 4.54. The topological polar surface area (TPSA) is 50.7 Å². The van der Waals surface area contributed by atoms with Crippen LogP contribution in [-0.4, -0.2) is 34.1 Å². The normalized spacial score (nSPS) is 11.9. The Labute approximate surface area is 97.0 Å². The van der Waals surface area contributed by atoms with E-state index in [0.29, 0.717) is 0 Å². The minimum absolute atomic E-state index is 0.331. The molecule has 1 rings (SSSR count). The third-order valence-corrected chi connectivity index (χ3v) is 1.85. The summed E-state index contributed by atoms with van der Waals surface area (Å²) in [5.74, 6) is -4.53. The molecule has 90 valence electrons. The number of aromatic nitrogens is 3. The average Bonchev–Trinajstić information content (AvgIpc) is 2.19. The number of alkyl halides is 4. The summed E-state index contributed by atoms with van der Waals surface area (Å²) >= 11 is 10.7. The molecule has 0 radical (unpaired) electrons. The minimum atomic E-state index is -4.19. The zero-order valence-corrected chi connectivity index (χ0v) is 8.91. The van der Waals surface area contributed by atoms with Gasteiger partial charge in [0.2, 0.25) is 5.28 Å². The third kappa shape index (κ3) is 3.31. The van der Waals surface area contributed by atoms with Gasteiger partial charge in [-0.15, -0.1) is 10.2 Å². The van der Waals surface area contributed by atoms with Crippen LogP contribution in [0.4, 0.5) is 23.4 Å². The summed E-state index contributed by atoms with van der Waals surface area (Å²) in [6, 6.07) is 0. The first kappa shape index (κ1) is 13.2. The highest BCUT2D eigenvalue weighted by Gasteiger charge is 2.40. The number of halogens is 6. The van der Waals surface area contributed by atoms with Gasteiger partial charge in [-0.1, -0.05) is 11.6 Å². The van der Waals surface area contributed by atoms with Crippen molar-refractivity contribution in [2.45, 2.75) is 12.3 Å². The van der Waals surface area contributed by atoms with Crippen molar-refractivity contribution in [2.24, 2.45) is 0 Å². The van der Waals surface area contributed by atoms with Gasteiger partial charge in [-0.05, 0) is 11.6 Å². The van der Waals surface area contributed by atoms with Gasteiger partial charge in [0.15, 0.2) is 11.0 Å². The lowest BCUT2D eigenvalue weighted by molar-refractivity contribution is -0.117. The summed E-state index contributed by atoms with van der Waals surface area (Å²) < 4.78 is 48.6. The Morgan fingerprint density at radius 1 is 1.25 bits per heavy atom. The van der Waals surface area contributed by atoms with E-state index in [0.717, 1.165) is 0 Å². The van der Waals surface area contributed by atoms with E-state index in [1.165, 1.54) is 0 Å². The van der Waals surface area contributed by atoms with E-state index >= 15 is 0 Å². The number of nitrogens with zero attached hydrogens (tertiary/aromatic N) is 3. The van der Waals surface area contributed by atoms with Crippen molar-refractivity contribution in [2.75, 3.05) is 11.9 Å². The molecule has 0 fully saturated rings. The quantitative estimate of drug-likeness (QED) is 0.860. The fourth-order valence-corrected chi connectivity index (χ4v) is 0.954. The molecule has 0 saturated heterocycles. The Kier molecular flexibility index (Phi) is 4.09. The van der Waals surface area contributed by atoms with Crippen LogP contribution < -0.4 is 5.32 Å². The molecule has 0 unspecified atom stereocenters. The summed E-state index contributed by atoms with van der Waals surface area (Å²) in [6.07, 6.45) is -3.79. The zero-order chi connectivity index (χ0) is 12.3. The summed E-state index contributed by atoms with van der Waals surface area (Å²) in [5.41, 5.74) is 0. The third-order valence-electron chi connectivity index (χ3n) is 1.43. The van der Waals surface area contributed by atoms with Crippen molar-refractivity contribution < 1.29 is 17.6 Å². The molecular weight excluding hydrogens is 275 g/mol. The van der Waals surface area contributed by atoms with Gasteiger partial charge in [-0.3, -0.25) is 0 Å². The Hall–Kier alpha value is -0.890. The first-order chi connectivity index (χ1) is 7.33. The summed E-state index contributed by atoms with van der Waals surface area (Å²) in [7, 11) is 0. The molecule has 0 aliphatic rings. The number of hydrogen-bond donors (Lipinski definition) is 1. The van der Waals surface area contributed by atoms with Crippen LogP contribution in [0, 0.1) is 0 Å². The summed E-state index contributed by atoms with van der Waals surface area (Å²) in [6.45, 7) is -1.33. The zero-order valence-electron chi connectivity index (χ0n) is 7.39. The smallest absolute Gasteiger partial charge is 0.324 e. The fourth-order valence-electron chi connectivity index (χ4n) is 0.684. The number of hydrogen-bond acceptors (Lipinski definition) is 4. The predicted molar refractivity (Wildman–Crippen MR) is 49.3 cm³/mol. The maximum atomic E-state index is 12.5. The van der Waals surface area contributed by atoms with Gasteiger partial charge in [0.1, 0.15) is 0 Å².